The van der Waals surface area contributed by atoms with Gasteiger partial charge in [-0.1, -0.05) is 35.5 Å². The number of rotatable bonds is 7. The van der Waals surface area contributed by atoms with Crippen LogP contribution in [0.25, 0.3) is 0 Å². The standard InChI is InChI=1S/C25H28ClN5O2S/c1-4-30-23(21-6-5-13-31(21)24(33)18-9-11-19(26)12-10-18)28-29-25(30)34-15-22(32)27-20-14-16(2)7-8-17(20)3/h7-12,14,21H,4-6,13,15H2,1-3H3,(H,27,32). The number of thioether (sulfide) groups is 1. The van der Waals surface area contributed by atoms with Crippen molar-refractivity contribution in [3.8, 4) is 0 Å². The van der Waals surface area contributed by atoms with Crippen molar-refractivity contribution in [3.63, 3.8) is 0 Å². The van der Waals surface area contributed by atoms with Gasteiger partial charge in [0.1, 0.15) is 0 Å². The van der Waals surface area contributed by atoms with Crippen LogP contribution >= 0.6 is 23.4 Å². The first-order chi connectivity index (χ1) is 16.4. The molecule has 0 bridgehead atoms. The fourth-order valence-electron chi connectivity index (χ4n) is 4.17. The number of carbonyl (C=O) groups is 2. The Hall–Kier alpha value is -2.84. The molecule has 3 aromatic rings. The molecule has 0 radical (unpaired) electrons. The van der Waals surface area contributed by atoms with E-state index in [-0.39, 0.29) is 23.6 Å². The van der Waals surface area contributed by atoms with E-state index in [4.69, 9.17) is 11.6 Å². The summed E-state index contributed by atoms with van der Waals surface area (Å²) in [5.41, 5.74) is 3.55. The molecule has 2 aromatic carbocycles. The first kappa shape index (κ1) is 24.3. The lowest BCUT2D eigenvalue weighted by atomic mass is 10.1. The lowest BCUT2D eigenvalue weighted by Gasteiger charge is -2.24. The maximum absolute atomic E-state index is 13.2. The maximum Gasteiger partial charge on any atom is 0.254 e. The number of aromatic nitrogens is 3. The molecule has 1 unspecified atom stereocenters. The van der Waals surface area contributed by atoms with Gasteiger partial charge in [-0.05, 0) is 75.1 Å². The quantitative estimate of drug-likeness (QED) is 0.449. The first-order valence-corrected chi connectivity index (χ1v) is 12.7. The zero-order chi connectivity index (χ0) is 24.2. The van der Waals surface area contributed by atoms with Crippen molar-refractivity contribution in [2.24, 2.45) is 0 Å². The third kappa shape index (κ3) is 5.28. The molecule has 1 aliphatic heterocycles. The van der Waals surface area contributed by atoms with Crippen molar-refractivity contribution in [3.05, 3.63) is 70.0 Å². The van der Waals surface area contributed by atoms with E-state index in [0.717, 1.165) is 35.5 Å². The van der Waals surface area contributed by atoms with Crippen LogP contribution in [-0.4, -0.2) is 43.8 Å². The van der Waals surface area contributed by atoms with Gasteiger partial charge in [0, 0.05) is 29.4 Å². The monoisotopic (exact) mass is 497 g/mol. The number of nitrogens with zero attached hydrogens (tertiary/aromatic N) is 4. The molecule has 1 fully saturated rings. The second kappa shape index (κ2) is 10.6. The highest BCUT2D eigenvalue weighted by molar-refractivity contribution is 7.99. The Kier molecular flexibility index (Phi) is 7.58. The van der Waals surface area contributed by atoms with Crippen molar-refractivity contribution >= 4 is 40.9 Å². The molecule has 1 aromatic heterocycles. The van der Waals surface area contributed by atoms with Gasteiger partial charge in [0.05, 0.1) is 11.8 Å². The van der Waals surface area contributed by atoms with E-state index in [1.165, 1.54) is 11.8 Å². The maximum atomic E-state index is 13.2. The largest absolute Gasteiger partial charge is 0.328 e. The van der Waals surface area contributed by atoms with E-state index in [1.54, 1.807) is 24.3 Å². The van der Waals surface area contributed by atoms with Crippen molar-refractivity contribution in [2.75, 3.05) is 17.6 Å². The highest BCUT2D eigenvalue weighted by Crippen LogP contribution is 2.34. The van der Waals surface area contributed by atoms with Crippen LogP contribution in [0, 0.1) is 13.8 Å². The minimum atomic E-state index is -0.145. The Morgan fingerprint density at radius 2 is 1.91 bits per heavy atom. The van der Waals surface area contributed by atoms with Gasteiger partial charge >= 0.3 is 0 Å². The lowest BCUT2D eigenvalue weighted by Crippen LogP contribution is -2.32. The van der Waals surface area contributed by atoms with Crippen LogP contribution in [0.15, 0.2) is 47.6 Å². The number of carbonyl (C=O) groups excluding carboxylic acids is 2. The van der Waals surface area contributed by atoms with Gasteiger partial charge in [-0.2, -0.15) is 0 Å². The van der Waals surface area contributed by atoms with Crippen LogP contribution in [0.1, 0.15) is 53.1 Å². The summed E-state index contributed by atoms with van der Waals surface area (Å²) in [6, 6.07) is 12.8. The van der Waals surface area contributed by atoms with Gasteiger partial charge in [-0.15, -0.1) is 10.2 Å². The number of benzene rings is 2. The van der Waals surface area contributed by atoms with E-state index in [9.17, 15) is 9.59 Å². The van der Waals surface area contributed by atoms with E-state index in [2.05, 4.69) is 15.5 Å². The van der Waals surface area contributed by atoms with Gasteiger partial charge in [-0.3, -0.25) is 9.59 Å². The zero-order valence-corrected chi connectivity index (χ0v) is 21.1. The fourth-order valence-corrected chi connectivity index (χ4v) is 5.11. The van der Waals surface area contributed by atoms with Gasteiger partial charge < -0.3 is 14.8 Å². The summed E-state index contributed by atoms with van der Waals surface area (Å²) in [6.45, 7) is 7.32. The summed E-state index contributed by atoms with van der Waals surface area (Å²) in [6.07, 6.45) is 1.73. The number of halogens is 1. The predicted octanol–water partition coefficient (Wildman–Crippen LogP) is 5.28. The number of anilines is 1. The number of hydrogen-bond acceptors (Lipinski definition) is 5. The van der Waals surface area contributed by atoms with E-state index in [1.807, 2.05) is 48.4 Å². The van der Waals surface area contributed by atoms with Crippen LogP contribution in [0.5, 0.6) is 0 Å². The molecule has 2 amide bonds. The third-order valence-corrected chi connectivity index (χ3v) is 7.18. The van der Waals surface area contributed by atoms with E-state index >= 15 is 0 Å². The van der Waals surface area contributed by atoms with E-state index in [0.29, 0.717) is 28.8 Å². The van der Waals surface area contributed by atoms with Crippen LogP contribution in [0.3, 0.4) is 0 Å². The summed E-state index contributed by atoms with van der Waals surface area (Å²) in [5.74, 6) is 0.863. The molecule has 7 nitrogen and oxygen atoms in total. The SMILES string of the molecule is CCn1c(SCC(=O)Nc2cc(C)ccc2C)nnc1C1CCCN1C(=O)c1ccc(Cl)cc1. The Labute approximate surface area is 208 Å². The molecule has 1 aliphatic rings. The van der Waals surface area contributed by atoms with Crippen LogP contribution in [0.4, 0.5) is 5.69 Å². The number of amides is 2. The van der Waals surface area contributed by atoms with Gasteiger partial charge in [0.15, 0.2) is 11.0 Å². The molecular formula is C25H28ClN5O2S. The Bertz CT molecular complexity index is 1190. The highest BCUT2D eigenvalue weighted by Gasteiger charge is 2.34. The number of hydrogen-bond donors (Lipinski definition) is 1. The topological polar surface area (TPSA) is 80.1 Å². The smallest absolute Gasteiger partial charge is 0.254 e. The predicted molar refractivity (Wildman–Crippen MR) is 135 cm³/mol. The molecule has 1 atom stereocenters. The minimum Gasteiger partial charge on any atom is -0.328 e. The summed E-state index contributed by atoms with van der Waals surface area (Å²) < 4.78 is 2.01. The van der Waals surface area contributed by atoms with Crippen LogP contribution in [-0.2, 0) is 11.3 Å². The normalized spacial score (nSPS) is 15.5. The number of aryl methyl sites for hydroxylation is 2. The average molecular weight is 498 g/mol. The molecule has 9 heteroatoms. The van der Waals surface area contributed by atoms with E-state index < -0.39 is 0 Å². The highest BCUT2D eigenvalue weighted by atomic mass is 35.5. The number of nitrogens with one attached hydrogen (secondary N) is 1. The van der Waals surface area contributed by atoms with Crippen molar-refractivity contribution in [1.82, 2.24) is 19.7 Å². The molecule has 1 N–H and O–H groups in total. The molecule has 4 rings (SSSR count). The zero-order valence-electron chi connectivity index (χ0n) is 19.5. The molecule has 2 heterocycles. The molecule has 178 valence electrons. The van der Waals surface area contributed by atoms with Crippen LogP contribution in [0.2, 0.25) is 5.02 Å². The Morgan fingerprint density at radius 1 is 1.15 bits per heavy atom. The molecule has 0 saturated carbocycles. The van der Waals surface area contributed by atoms with Gasteiger partial charge in [-0.25, -0.2) is 0 Å². The van der Waals surface area contributed by atoms with Crippen LogP contribution < -0.4 is 5.32 Å². The molecule has 1 saturated heterocycles. The molecule has 34 heavy (non-hydrogen) atoms. The van der Waals surface area contributed by atoms with Crippen molar-refractivity contribution in [1.29, 1.82) is 0 Å². The summed E-state index contributed by atoms with van der Waals surface area (Å²) in [4.78, 5) is 27.6. The van der Waals surface area contributed by atoms with Crippen molar-refractivity contribution < 1.29 is 9.59 Å². The second-order valence-electron chi connectivity index (χ2n) is 8.40. The van der Waals surface area contributed by atoms with Crippen molar-refractivity contribution in [2.45, 2.75) is 51.4 Å². The second-order valence-corrected chi connectivity index (χ2v) is 9.78. The average Bonchev–Trinajstić information content (AvgIpc) is 3.46. The first-order valence-electron chi connectivity index (χ1n) is 11.4. The fraction of sp³-hybridized carbons (Fsp3) is 0.360. The molecular weight excluding hydrogens is 470 g/mol. The summed E-state index contributed by atoms with van der Waals surface area (Å²) in [7, 11) is 0. The lowest BCUT2D eigenvalue weighted by molar-refractivity contribution is -0.113. The van der Waals surface area contributed by atoms with Gasteiger partial charge in [0.2, 0.25) is 5.91 Å². The molecule has 0 spiro atoms. The Morgan fingerprint density at radius 3 is 2.65 bits per heavy atom. The minimum absolute atomic E-state index is 0.0353. The summed E-state index contributed by atoms with van der Waals surface area (Å²) >= 11 is 7.33. The number of likely N-dealkylation sites (tertiary alicyclic amines) is 1. The Balaban J connectivity index is 1.46. The third-order valence-electron chi connectivity index (χ3n) is 5.96. The van der Waals surface area contributed by atoms with Gasteiger partial charge in [0.25, 0.3) is 5.91 Å². The molecule has 0 aliphatic carbocycles. The summed E-state index contributed by atoms with van der Waals surface area (Å²) in [5, 5.41) is 13.1.